The Kier molecular flexibility index (Phi) is 5.97. The SMILES string of the molecule is CN1C(=O)CCC(n2c(=O)n(C)c3cc(C#CCOCCCO)ccc32)C1=O. The van der Waals surface area contributed by atoms with Crippen LogP contribution in [0, 0.1) is 11.8 Å². The minimum Gasteiger partial charge on any atom is -0.396 e. The van der Waals surface area contributed by atoms with E-state index in [-0.39, 0.29) is 37.1 Å². The largest absolute Gasteiger partial charge is 0.396 e. The number of fused-ring (bicyclic) bond motifs is 1. The second-order valence-electron chi connectivity index (χ2n) is 6.69. The molecular formula is C20H23N3O5. The number of benzene rings is 1. The quantitative estimate of drug-likeness (QED) is 0.457. The molecule has 28 heavy (non-hydrogen) atoms. The summed E-state index contributed by atoms with van der Waals surface area (Å²) < 4.78 is 8.23. The first-order valence-electron chi connectivity index (χ1n) is 9.14. The molecule has 0 aliphatic carbocycles. The number of ether oxygens (including phenoxy) is 1. The first-order chi connectivity index (χ1) is 13.5. The lowest BCUT2D eigenvalue weighted by atomic mass is 10.0. The molecule has 1 unspecified atom stereocenters. The molecule has 1 aliphatic heterocycles. The van der Waals surface area contributed by atoms with E-state index in [1.54, 1.807) is 25.2 Å². The third-order valence-electron chi connectivity index (χ3n) is 4.88. The number of aromatic nitrogens is 2. The highest BCUT2D eigenvalue weighted by atomic mass is 16.5. The van der Waals surface area contributed by atoms with Gasteiger partial charge in [-0.25, -0.2) is 4.79 Å². The summed E-state index contributed by atoms with van der Waals surface area (Å²) in [6.45, 7) is 0.797. The molecule has 8 heteroatoms. The number of likely N-dealkylation sites (N-methyl/N-ethyl adjacent to an activating group) is 1. The van der Waals surface area contributed by atoms with Crippen molar-refractivity contribution in [1.82, 2.24) is 14.0 Å². The number of hydrogen-bond donors (Lipinski definition) is 1. The van der Waals surface area contributed by atoms with Gasteiger partial charge in [-0.15, -0.1) is 0 Å². The maximum absolute atomic E-state index is 12.8. The maximum Gasteiger partial charge on any atom is 0.329 e. The number of carbonyl (C=O) groups is 2. The van der Waals surface area contributed by atoms with Crippen LogP contribution >= 0.6 is 0 Å². The Hall–Kier alpha value is -2.89. The summed E-state index contributed by atoms with van der Waals surface area (Å²) in [5.41, 5.74) is 1.74. The monoisotopic (exact) mass is 385 g/mol. The van der Waals surface area contributed by atoms with Gasteiger partial charge in [-0.2, -0.15) is 0 Å². The standard InChI is InChI=1S/C20H23N3O5/c1-21-17-13-14(5-3-11-28-12-4-10-24)6-7-15(17)23(20(21)27)16-8-9-18(25)22(2)19(16)26/h6-7,13,16,24H,4,8-12H2,1-2H3. The molecule has 2 heterocycles. The Morgan fingerprint density at radius 3 is 2.75 bits per heavy atom. The van der Waals surface area contributed by atoms with Crippen LogP contribution in [0.15, 0.2) is 23.0 Å². The molecule has 1 saturated heterocycles. The van der Waals surface area contributed by atoms with Crippen LogP contribution in [0.1, 0.15) is 30.9 Å². The number of rotatable bonds is 5. The molecule has 2 amide bonds. The molecular weight excluding hydrogens is 362 g/mol. The van der Waals surface area contributed by atoms with Crippen molar-refractivity contribution < 1.29 is 19.4 Å². The molecule has 1 aromatic carbocycles. The van der Waals surface area contributed by atoms with Gasteiger partial charge in [0.05, 0.1) is 17.6 Å². The van der Waals surface area contributed by atoms with Gasteiger partial charge in [0.25, 0.3) is 5.91 Å². The molecule has 0 bridgehead atoms. The zero-order valence-electron chi connectivity index (χ0n) is 16.0. The molecule has 3 rings (SSSR count). The van der Waals surface area contributed by atoms with Crippen LogP contribution in [-0.2, 0) is 21.4 Å². The van der Waals surface area contributed by atoms with Crippen molar-refractivity contribution in [3.8, 4) is 11.8 Å². The molecule has 0 radical (unpaired) electrons. The van der Waals surface area contributed by atoms with Crippen molar-refractivity contribution in [2.24, 2.45) is 7.05 Å². The van der Waals surface area contributed by atoms with Gasteiger partial charge in [0.2, 0.25) is 5.91 Å². The van der Waals surface area contributed by atoms with Crippen LogP contribution < -0.4 is 5.69 Å². The second-order valence-corrected chi connectivity index (χ2v) is 6.69. The van der Waals surface area contributed by atoms with Crippen LogP contribution in [0.3, 0.4) is 0 Å². The van der Waals surface area contributed by atoms with Crippen LogP contribution in [0.25, 0.3) is 11.0 Å². The molecule has 1 aliphatic rings. The molecule has 1 aromatic heterocycles. The number of aryl methyl sites for hydroxylation is 1. The Morgan fingerprint density at radius 2 is 2.00 bits per heavy atom. The van der Waals surface area contributed by atoms with E-state index in [2.05, 4.69) is 11.8 Å². The molecule has 148 valence electrons. The van der Waals surface area contributed by atoms with Crippen LogP contribution in [0.4, 0.5) is 0 Å². The van der Waals surface area contributed by atoms with Gasteiger partial charge >= 0.3 is 5.69 Å². The van der Waals surface area contributed by atoms with Crippen LogP contribution in [-0.4, -0.2) is 57.8 Å². The van der Waals surface area contributed by atoms with Gasteiger partial charge in [0.15, 0.2) is 0 Å². The maximum atomic E-state index is 12.8. The van der Waals surface area contributed by atoms with Crippen molar-refractivity contribution in [2.45, 2.75) is 25.3 Å². The lowest BCUT2D eigenvalue weighted by Gasteiger charge is -2.28. The minimum absolute atomic E-state index is 0.0859. The fraction of sp³-hybridized carbons (Fsp3) is 0.450. The number of aliphatic hydroxyl groups excluding tert-OH is 1. The minimum atomic E-state index is -0.684. The summed E-state index contributed by atoms with van der Waals surface area (Å²) in [4.78, 5) is 38.2. The van der Waals surface area contributed by atoms with E-state index in [0.29, 0.717) is 30.5 Å². The number of carbonyl (C=O) groups excluding carboxylic acids is 2. The predicted octanol–water partition coefficient (Wildman–Crippen LogP) is 0.410. The van der Waals surface area contributed by atoms with E-state index in [1.165, 1.54) is 16.2 Å². The molecule has 8 nitrogen and oxygen atoms in total. The lowest BCUT2D eigenvalue weighted by molar-refractivity contribution is -0.149. The summed E-state index contributed by atoms with van der Waals surface area (Å²) in [7, 11) is 3.10. The molecule has 1 N–H and O–H groups in total. The van der Waals surface area contributed by atoms with E-state index < -0.39 is 6.04 Å². The first-order valence-corrected chi connectivity index (χ1v) is 9.14. The molecule has 2 aromatic rings. The number of hydrogen-bond acceptors (Lipinski definition) is 5. The Bertz CT molecular complexity index is 1020. The van der Waals surface area contributed by atoms with Crippen molar-refractivity contribution in [3.05, 3.63) is 34.2 Å². The van der Waals surface area contributed by atoms with Crippen molar-refractivity contribution in [1.29, 1.82) is 0 Å². The lowest BCUT2D eigenvalue weighted by Crippen LogP contribution is -2.45. The average Bonchev–Trinajstić information content (AvgIpc) is 2.93. The fourth-order valence-electron chi connectivity index (χ4n) is 3.31. The van der Waals surface area contributed by atoms with E-state index >= 15 is 0 Å². The second kappa shape index (κ2) is 8.42. The summed E-state index contributed by atoms with van der Waals surface area (Å²) >= 11 is 0. The van der Waals surface area contributed by atoms with Gasteiger partial charge in [-0.3, -0.25) is 23.6 Å². The van der Waals surface area contributed by atoms with Gasteiger partial charge < -0.3 is 9.84 Å². The highest BCUT2D eigenvalue weighted by Gasteiger charge is 2.35. The van der Waals surface area contributed by atoms with Gasteiger partial charge in [-0.1, -0.05) is 11.8 Å². The van der Waals surface area contributed by atoms with E-state index in [9.17, 15) is 14.4 Å². The summed E-state index contributed by atoms with van der Waals surface area (Å²) in [6, 6.07) is 4.68. The predicted molar refractivity (Wildman–Crippen MR) is 103 cm³/mol. The third kappa shape index (κ3) is 3.72. The number of amides is 2. The zero-order valence-corrected chi connectivity index (χ0v) is 16.0. The Morgan fingerprint density at radius 1 is 1.21 bits per heavy atom. The number of likely N-dealkylation sites (tertiary alicyclic amines) is 1. The van der Waals surface area contributed by atoms with Crippen molar-refractivity contribution >= 4 is 22.8 Å². The summed E-state index contributed by atoms with van der Waals surface area (Å²) in [5, 5.41) is 8.70. The van der Waals surface area contributed by atoms with Gasteiger partial charge in [0, 0.05) is 32.7 Å². The Labute approximate surface area is 162 Å². The van der Waals surface area contributed by atoms with Crippen LogP contribution in [0.2, 0.25) is 0 Å². The smallest absolute Gasteiger partial charge is 0.329 e. The summed E-state index contributed by atoms with van der Waals surface area (Å²) in [5.74, 6) is 5.30. The summed E-state index contributed by atoms with van der Waals surface area (Å²) in [6.07, 6.45) is 1.12. The van der Waals surface area contributed by atoms with Gasteiger partial charge in [-0.05, 0) is 31.0 Å². The zero-order chi connectivity index (χ0) is 20.3. The molecule has 0 spiro atoms. The highest BCUT2D eigenvalue weighted by Crippen LogP contribution is 2.26. The molecule has 0 saturated carbocycles. The molecule has 1 fully saturated rings. The highest BCUT2D eigenvalue weighted by molar-refractivity contribution is 5.99. The average molecular weight is 385 g/mol. The van der Waals surface area contributed by atoms with Crippen LogP contribution in [0.5, 0.6) is 0 Å². The third-order valence-corrected chi connectivity index (χ3v) is 4.88. The normalized spacial score (nSPS) is 17.1. The van der Waals surface area contributed by atoms with Crippen molar-refractivity contribution in [3.63, 3.8) is 0 Å². The van der Waals surface area contributed by atoms with Crippen molar-refractivity contribution in [2.75, 3.05) is 26.9 Å². The number of piperidine rings is 1. The van der Waals surface area contributed by atoms with E-state index in [0.717, 1.165) is 10.5 Å². The number of imide groups is 1. The molecule has 1 atom stereocenters. The van der Waals surface area contributed by atoms with Gasteiger partial charge in [0.1, 0.15) is 12.6 Å². The first kappa shape index (κ1) is 19.9. The Balaban J connectivity index is 1.90. The topological polar surface area (TPSA) is 93.8 Å². The number of aliphatic hydroxyl groups is 1. The number of nitrogens with zero attached hydrogens (tertiary/aromatic N) is 3. The van der Waals surface area contributed by atoms with E-state index in [4.69, 9.17) is 9.84 Å². The fourth-order valence-corrected chi connectivity index (χ4v) is 3.31. The van der Waals surface area contributed by atoms with E-state index in [1.807, 2.05) is 0 Å². The number of imidazole rings is 1.